The monoisotopic (exact) mass is 492 g/mol. The second-order valence-corrected chi connectivity index (χ2v) is 9.98. The number of fused-ring (bicyclic) bond motifs is 1. The number of likely N-dealkylation sites (tertiary alicyclic amines) is 1. The second kappa shape index (κ2) is 12.4. The Morgan fingerprint density at radius 2 is 1.86 bits per heavy atom. The summed E-state index contributed by atoms with van der Waals surface area (Å²) in [4.78, 5) is 22.2. The zero-order chi connectivity index (χ0) is 24.6. The zero-order valence-electron chi connectivity index (χ0n) is 21.0. The average Bonchev–Trinajstić information content (AvgIpc) is 2.87. The van der Waals surface area contributed by atoms with Gasteiger partial charge < -0.3 is 15.1 Å². The summed E-state index contributed by atoms with van der Waals surface area (Å²) < 4.78 is 0. The van der Waals surface area contributed by atoms with Gasteiger partial charge in [0.1, 0.15) is 0 Å². The Kier molecular flexibility index (Phi) is 9.00. The molecule has 2 heterocycles. The molecule has 0 unspecified atom stereocenters. The van der Waals surface area contributed by atoms with E-state index in [2.05, 4.69) is 58.2 Å². The summed E-state index contributed by atoms with van der Waals surface area (Å²) in [5, 5.41) is 5.22. The number of carbonyl (C=O) groups excluding carboxylic acids is 1. The number of hydrogen-bond donors (Lipinski definition) is 1. The van der Waals surface area contributed by atoms with Crippen molar-refractivity contribution in [3.8, 4) is 0 Å². The lowest BCUT2D eigenvalue weighted by molar-refractivity contribution is -0.135. The van der Waals surface area contributed by atoms with Gasteiger partial charge in [-0.15, -0.1) is 0 Å². The highest BCUT2D eigenvalue weighted by molar-refractivity contribution is 6.31. The minimum Gasteiger partial charge on any atom is -0.355 e. The van der Waals surface area contributed by atoms with Crippen LogP contribution in [-0.2, 0) is 11.3 Å². The highest BCUT2D eigenvalue weighted by Crippen LogP contribution is 2.28. The van der Waals surface area contributed by atoms with Gasteiger partial charge in [0, 0.05) is 60.1 Å². The lowest BCUT2D eigenvalue weighted by Gasteiger charge is -2.39. The van der Waals surface area contributed by atoms with Crippen molar-refractivity contribution in [3.63, 3.8) is 0 Å². The topological polar surface area (TPSA) is 48.5 Å². The van der Waals surface area contributed by atoms with Gasteiger partial charge in [0.2, 0.25) is 5.91 Å². The number of nitrogens with one attached hydrogen (secondary N) is 1. The van der Waals surface area contributed by atoms with Crippen molar-refractivity contribution in [2.24, 2.45) is 0 Å². The number of benzene rings is 2. The van der Waals surface area contributed by atoms with Gasteiger partial charge in [0.05, 0.1) is 5.52 Å². The summed E-state index contributed by atoms with van der Waals surface area (Å²) in [5.74, 6) is 0.281. The van der Waals surface area contributed by atoms with E-state index >= 15 is 0 Å². The number of amides is 1. The molecule has 0 spiro atoms. The number of unbranched alkanes of at least 4 members (excludes halogenated alkanes) is 1. The lowest BCUT2D eigenvalue weighted by atomic mass is 10.0. The van der Waals surface area contributed by atoms with Crippen LogP contribution in [0.15, 0.2) is 54.7 Å². The molecule has 1 aromatic heterocycles. The fraction of sp³-hybridized carbons (Fsp3) is 0.448. The van der Waals surface area contributed by atoms with Gasteiger partial charge in [0.25, 0.3) is 0 Å². The molecule has 0 radical (unpaired) electrons. The summed E-state index contributed by atoms with van der Waals surface area (Å²) in [5.41, 5.74) is 4.03. The Balaban J connectivity index is 1.43. The first kappa shape index (κ1) is 25.5. The largest absolute Gasteiger partial charge is 0.355 e. The molecule has 0 aliphatic carbocycles. The van der Waals surface area contributed by atoms with Crippen LogP contribution >= 0.6 is 11.6 Å². The smallest absolute Gasteiger partial charge is 0.223 e. The Hall–Kier alpha value is -2.63. The number of rotatable bonds is 10. The molecule has 1 saturated heterocycles. The molecular weight excluding hydrogens is 456 g/mol. The first-order valence-electron chi connectivity index (χ1n) is 13.0. The van der Waals surface area contributed by atoms with Crippen LogP contribution in [-0.4, -0.2) is 46.4 Å². The van der Waals surface area contributed by atoms with Gasteiger partial charge in [-0.25, -0.2) is 0 Å². The van der Waals surface area contributed by atoms with Crippen molar-refractivity contribution < 1.29 is 4.79 Å². The third kappa shape index (κ3) is 6.74. The van der Waals surface area contributed by atoms with E-state index in [-0.39, 0.29) is 5.91 Å². The van der Waals surface area contributed by atoms with E-state index in [1.165, 1.54) is 24.9 Å². The van der Waals surface area contributed by atoms with Crippen molar-refractivity contribution in [3.05, 3.63) is 65.3 Å². The number of piperidine rings is 1. The standard InChI is InChI=1S/C29H37ClN4O/c1-3-5-17-33-18-14-25(15-19-33)34(29(35)6-4-2)21-22-7-10-24(11-8-22)32-27-13-16-31-28-20-23(30)9-12-26(27)28/h7-13,16,20,25H,3-6,14-15,17-19,21H2,1-2H3,(H,31,32). The van der Waals surface area contributed by atoms with Crippen LogP contribution in [0.1, 0.15) is 57.9 Å². The van der Waals surface area contributed by atoms with E-state index in [4.69, 9.17) is 11.6 Å². The van der Waals surface area contributed by atoms with E-state index < -0.39 is 0 Å². The SMILES string of the molecule is CCCCN1CCC(N(Cc2ccc(Nc3ccnc4cc(Cl)ccc34)cc2)C(=O)CCC)CC1. The number of anilines is 2. The van der Waals surface area contributed by atoms with E-state index in [1.54, 1.807) is 6.20 Å². The van der Waals surface area contributed by atoms with Crippen LogP contribution in [0, 0.1) is 0 Å². The number of halogens is 1. The maximum atomic E-state index is 13.0. The minimum absolute atomic E-state index is 0.281. The predicted molar refractivity (Wildman–Crippen MR) is 146 cm³/mol. The van der Waals surface area contributed by atoms with Gasteiger partial charge in [-0.2, -0.15) is 0 Å². The fourth-order valence-electron chi connectivity index (χ4n) is 4.89. The first-order valence-corrected chi connectivity index (χ1v) is 13.4. The molecule has 1 aliphatic rings. The Labute approximate surface area is 214 Å². The number of carbonyl (C=O) groups is 1. The molecule has 186 valence electrons. The number of aromatic nitrogens is 1. The normalized spacial score (nSPS) is 14.8. The van der Waals surface area contributed by atoms with Crippen LogP contribution in [0.25, 0.3) is 10.9 Å². The molecule has 3 aromatic rings. The van der Waals surface area contributed by atoms with Gasteiger partial charge in [0.15, 0.2) is 0 Å². The number of nitrogens with zero attached hydrogens (tertiary/aromatic N) is 3. The fourth-order valence-corrected chi connectivity index (χ4v) is 5.06. The molecule has 1 amide bonds. The minimum atomic E-state index is 0.281. The molecule has 0 saturated carbocycles. The summed E-state index contributed by atoms with van der Waals surface area (Å²) in [6.07, 6.45) is 7.92. The van der Waals surface area contributed by atoms with Gasteiger partial charge >= 0.3 is 0 Å². The van der Waals surface area contributed by atoms with Gasteiger partial charge in [-0.1, -0.05) is 44.0 Å². The predicted octanol–water partition coefficient (Wildman–Crippen LogP) is 7.03. The van der Waals surface area contributed by atoms with Crippen molar-refractivity contribution in [2.75, 3.05) is 25.0 Å². The highest BCUT2D eigenvalue weighted by Gasteiger charge is 2.27. The van der Waals surface area contributed by atoms with Crippen LogP contribution in [0.5, 0.6) is 0 Å². The van der Waals surface area contributed by atoms with E-state index in [1.807, 2.05) is 24.3 Å². The molecule has 35 heavy (non-hydrogen) atoms. The van der Waals surface area contributed by atoms with E-state index in [0.29, 0.717) is 24.0 Å². The van der Waals surface area contributed by atoms with Crippen molar-refractivity contribution in [2.45, 2.75) is 65.0 Å². The maximum Gasteiger partial charge on any atom is 0.223 e. The molecule has 6 heteroatoms. The summed E-state index contributed by atoms with van der Waals surface area (Å²) in [6, 6.07) is 16.5. The van der Waals surface area contributed by atoms with Gasteiger partial charge in [-0.05, 0) is 74.2 Å². The van der Waals surface area contributed by atoms with Gasteiger partial charge in [-0.3, -0.25) is 9.78 Å². The van der Waals surface area contributed by atoms with E-state index in [0.717, 1.165) is 54.6 Å². The molecule has 1 aliphatic heterocycles. The van der Waals surface area contributed by atoms with Crippen LogP contribution < -0.4 is 5.32 Å². The summed E-state index contributed by atoms with van der Waals surface area (Å²) in [6.45, 7) is 8.37. The molecule has 1 N–H and O–H groups in total. The Morgan fingerprint density at radius 1 is 1.09 bits per heavy atom. The van der Waals surface area contributed by atoms with E-state index in [9.17, 15) is 4.79 Å². The molecule has 4 rings (SSSR count). The molecule has 2 aromatic carbocycles. The molecule has 1 fully saturated rings. The third-order valence-electron chi connectivity index (χ3n) is 6.90. The first-order chi connectivity index (χ1) is 17.1. The van der Waals surface area contributed by atoms with Crippen molar-refractivity contribution >= 4 is 39.8 Å². The van der Waals surface area contributed by atoms with Crippen molar-refractivity contribution in [1.82, 2.24) is 14.8 Å². The van der Waals surface area contributed by atoms with Crippen molar-refractivity contribution in [1.29, 1.82) is 0 Å². The molecule has 0 bridgehead atoms. The lowest BCUT2D eigenvalue weighted by Crippen LogP contribution is -2.47. The summed E-state index contributed by atoms with van der Waals surface area (Å²) >= 11 is 6.12. The maximum absolute atomic E-state index is 13.0. The molecule has 5 nitrogen and oxygen atoms in total. The zero-order valence-corrected chi connectivity index (χ0v) is 21.7. The summed E-state index contributed by atoms with van der Waals surface area (Å²) in [7, 11) is 0. The molecular formula is C29H37ClN4O. The third-order valence-corrected chi connectivity index (χ3v) is 7.14. The molecule has 0 atom stereocenters. The average molecular weight is 493 g/mol. The Morgan fingerprint density at radius 3 is 2.57 bits per heavy atom. The Bertz CT molecular complexity index is 1110. The number of hydrogen-bond acceptors (Lipinski definition) is 4. The quantitative estimate of drug-likeness (QED) is 0.330. The van der Waals surface area contributed by atoms with Crippen LogP contribution in [0.4, 0.5) is 11.4 Å². The highest BCUT2D eigenvalue weighted by atomic mass is 35.5. The number of pyridine rings is 1. The van der Waals surface area contributed by atoms with Crippen LogP contribution in [0.3, 0.4) is 0 Å². The van der Waals surface area contributed by atoms with Crippen LogP contribution in [0.2, 0.25) is 5.02 Å². The second-order valence-electron chi connectivity index (χ2n) is 9.54.